The van der Waals surface area contributed by atoms with Crippen LogP contribution in [0.25, 0.3) is 33.4 Å². The highest BCUT2D eigenvalue weighted by Gasteiger charge is 2.01. The molecule has 1 aliphatic carbocycles. The van der Waals surface area contributed by atoms with E-state index in [0.717, 1.165) is 0 Å². The zero-order valence-corrected chi connectivity index (χ0v) is 15.7. The molecule has 0 aliphatic heterocycles. The summed E-state index contributed by atoms with van der Waals surface area (Å²) in [7, 11) is 0. The number of rotatable bonds is 3. The maximum Gasteiger partial charge on any atom is -0.0184 e. The molecule has 4 aromatic rings. The van der Waals surface area contributed by atoms with E-state index in [1.807, 2.05) is 36.4 Å². The van der Waals surface area contributed by atoms with E-state index in [2.05, 4.69) is 97.1 Å². The molecule has 0 atom stereocenters. The van der Waals surface area contributed by atoms with E-state index in [9.17, 15) is 0 Å². The van der Waals surface area contributed by atoms with Gasteiger partial charge in [-0.2, -0.15) is 0 Å². The molecule has 0 nitrogen and oxygen atoms in total. The average molecular weight is 358 g/mol. The second-order valence-corrected chi connectivity index (χ2v) is 6.66. The van der Waals surface area contributed by atoms with Gasteiger partial charge in [0.15, 0.2) is 0 Å². The summed E-state index contributed by atoms with van der Waals surface area (Å²) >= 11 is 0. The molecule has 0 radical (unpaired) electrons. The summed E-state index contributed by atoms with van der Waals surface area (Å²) in [6, 6.07) is 38.5. The molecular weight excluding hydrogens is 336 g/mol. The molecule has 1 aliphatic rings. The van der Waals surface area contributed by atoms with Crippen LogP contribution in [0, 0.1) is 0 Å². The molecule has 0 fully saturated rings. The molecule has 5 rings (SSSR count). The maximum absolute atomic E-state index is 2.19. The van der Waals surface area contributed by atoms with Gasteiger partial charge in [0.1, 0.15) is 0 Å². The van der Waals surface area contributed by atoms with E-state index in [1.165, 1.54) is 33.4 Å². The van der Waals surface area contributed by atoms with Crippen LogP contribution in [0.4, 0.5) is 0 Å². The first-order valence-electron chi connectivity index (χ1n) is 9.55. The number of allylic oxidation sites excluding steroid dienone is 4. The second-order valence-electron chi connectivity index (χ2n) is 6.66. The smallest absolute Gasteiger partial charge is 0.0184 e. The van der Waals surface area contributed by atoms with Gasteiger partial charge in [-0.05, 0) is 33.4 Å². The Hall–Kier alpha value is -3.64. The molecule has 0 spiro atoms. The monoisotopic (exact) mass is 358 g/mol. The minimum absolute atomic E-state index is 1.24. The fourth-order valence-electron chi connectivity index (χ4n) is 3.08. The summed E-state index contributed by atoms with van der Waals surface area (Å²) in [6.45, 7) is 0. The molecular formula is C28H22. The molecule has 0 saturated carbocycles. The van der Waals surface area contributed by atoms with Gasteiger partial charge in [-0.25, -0.2) is 0 Å². The largest absolute Gasteiger partial charge is 0.0623 e. The van der Waals surface area contributed by atoms with Crippen molar-refractivity contribution < 1.29 is 0 Å². The van der Waals surface area contributed by atoms with Crippen molar-refractivity contribution in [3.63, 3.8) is 0 Å². The first-order chi connectivity index (χ1) is 13.9. The number of hydrogen-bond donors (Lipinski definition) is 0. The van der Waals surface area contributed by atoms with Crippen LogP contribution in [-0.4, -0.2) is 0 Å². The van der Waals surface area contributed by atoms with Crippen molar-refractivity contribution in [2.24, 2.45) is 0 Å². The molecule has 0 heterocycles. The van der Waals surface area contributed by atoms with Gasteiger partial charge in [0.05, 0.1) is 0 Å². The summed E-state index contributed by atoms with van der Waals surface area (Å²) in [6.07, 6.45) is 8.00. The lowest BCUT2D eigenvalue weighted by molar-refractivity contribution is 1.58. The summed E-state index contributed by atoms with van der Waals surface area (Å²) in [5.74, 6) is 0. The lowest BCUT2D eigenvalue weighted by Crippen LogP contribution is -1.81. The minimum Gasteiger partial charge on any atom is -0.0623 e. The lowest BCUT2D eigenvalue weighted by atomic mass is 9.98. The van der Waals surface area contributed by atoms with Crippen molar-refractivity contribution in [3.8, 4) is 33.4 Å². The molecule has 28 heavy (non-hydrogen) atoms. The standard InChI is InChI=1S/C24H18.C4H4/c1-3-7-19(8-4-1)21-11-15-23(16-12-21)24-17-13-22(14-18-24)20-9-5-2-6-10-20;1-2-4-3-1/h1-18H;1-4H. The molecule has 0 aromatic heterocycles. The van der Waals surface area contributed by atoms with Gasteiger partial charge in [0.2, 0.25) is 0 Å². The highest BCUT2D eigenvalue weighted by Crippen LogP contribution is 2.27. The Morgan fingerprint density at radius 2 is 0.429 bits per heavy atom. The van der Waals surface area contributed by atoms with Crippen LogP contribution < -0.4 is 0 Å². The normalized spacial score (nSPS) is 11.3. The van der Waals surface area contributed by atoms with E-state index in [-0.39, 0.29) is 0 Å². The predicted octanol–water partition coefficient (Wildman–Crippen LogP) is 7.80. The van der Waals surface area contributed by atoms with Gasteiger partial charge < -0.3 is 0 Å². The highest BCUT2D eigenvalue weighted by molar-refractivity contribution is 5.73. The van der Waals surface area contributed by atoms with Crippen molar-refractivity contribution >= 4 is 0 Å². The molecule has 0 heteroatoms. The van der Waals surface area contributed by atoms with Crippen LogP contribution in [0.2, 0.25) is 0 Å². The van der Waals surface area contributed by atoms with E-state index < -0.39 is 0 Å². The van der Waals surface area contributed by atoms with Gasteiger partial charge >= 0.3 is 0 Å². The molecule has 4 aromatic carbocycles. The van der Waals surface area contributed by atoms with Crippen LogP contribution >= 0.6 is 0 Å². The first-order valence-corrected chi connectivity index (χ1v) is 9.55. The first kappa shape index (κ1) is 17.8. The van der Waals surface area contributed by atoms with Crippen molar-refractivity contribution in [3.05, 3.63) is 133 Å². The Labute approximate surface area is 167 Å². The second kappa shape index (κ2) is 8.83. The SMILES string of the molecule is C1=CC=C1.c1ccc(-c2ccc(-c3ccc(-c4ccccc4)cc3)cc2)cc1. The maximum atomic E-state index is 2.19. The van der Waals surface area contributed by atoms with Gasteiger partial charge in [-0.3, -0.25) is 0 Å². The van der Waals surface area contributed by atoms with Gasteiger partial charge in [-0.1, -0.05) is 133 Å². The van der Waals surface area contributed by atoms with Crippen LogP contribution in [0.15, 0.2) is 133 Å². The fraction of sp³-hybridized carbons (Fsp3) is 0. The van der Waals surface area contributed by atoms with Crippen LogP contribution in [-0.2, 0) is 0 Å². The van der Waals surface area contributed by atoms with Gasteiger partial charge in [-0.15, -0.1) is 0 Å². The molecule has 0 amide bonds. The Bertz CT molecular complexity index is 953. The molecule has 0 N–H and O–H groups in total. The summed E-state index contributed by atoms with van der Waals surface area (Å²) < 4.78 is 0. The Balaban J connectivity index is 0.000000429. The highest BCUT2D eigenvalue weighted by atomic mass is 14.1. The third-order valence-electron chi connectivity index (χ3n) is 4.76. The van der Waals surface area contributed by atoms with Crippen LogP contribution in [0.1, 0.15) is 0 Å². The van der Waals surface area contributed by atoms with E-state index in [4.69, 9.17) is 0 Å². The van der Waals surface area contributed by atoms with Crippen LogP contribution in [0.5, 0.6) is 0 Å². The number of benzene rings is 4. The zero-order valence-electron chi connectivity index (χ0n) is 15.7. The summed E-state index contributed by atoms with van der Waals surface area (Å²) in [4.78, 5) is 0. The third kappa shape index (κ3) is 4.36. The molecule has 0 saturated heterocycles. The molecule has 134 valence electrons. The van der Waals surface area contributed by atoms with E-state index in [0.29, 0.717) is 0 Å². The van der Waals surface area contributed by atoms with Gasteiger partial charge in [0, 0.05) is 0 Å². The van der Waals surface area contributed by atoms with Gasteiger partial charge in [0.25, 0.3) is 0 Å². The lowest BCUT2D eigenvalue weighted by Gasteiger charge is -2.07. The summed E-state index contributed by atoms with van der Waals surface area (Å²) in [5, 5.41) is 0. The van der Waals surface area contributed by atoms with E-state index >= 15 is 0 Å². The Morgan fingerprint density at radius 3 is 0.643 bits per heavy atom. The molecule has 0 unspecified atom stereocenters. The van der Waals surface area contributed by atoms with Crippen molar-refractivity contribution in [1.82, 2.24) is 0 Å². The van der Waals surface area contributed by atoms with Crippen molar-refractivity contribution in [1.29, 1.82) is 0 Å². The minimum atomic E-state index is 1.24. The quantitative estimate of drug-likeness (QED) is 0.350. The Kier molecular flexibility index (Phi) is 5.60. The summed E-state index contributed by atoms with van der Waals surface area (Å²) in [5.41, 5.74) is 7.50. The number of hydrogen-bond acceptors (Lipinski definition) is 0. The fourth-order valence-corrected chi connectivity index (χ4v) is 3.08. The topological polar surface area (TPSA) is 0 Å². The molecule has 0 bridgehead atoms. The average Bonchev–Trinajstić information content (AvgIpc) is 2.74. The third-order valence-corrected chi connectivity index (χ3v) is 4.76. The predicted molar refractivity (Wildman–Crippen MR) is 121 cm³/mol. The van der Waals surface area contributed by atoms with Crippen molar-refractivity contribution in [2.45, 2.75) is 0 Å². The zero-order chi connectivity index (χ0) is 19.0. The Morgan fingerprint density at radius 1 is 0.214 bits per heavy atom. The van der Waals surface area contributed by atoms with Crippen LogP contribution in [0.3, 0.4) is 0 Å². The van der Waals surface area contributed by atoms with Crippen molar-refractivity contribution in [2.75, 3.05) is 0 Å². The van der Waals surface area contributed by atoms with E-state index in [1.54, 1.807) is 0 Å².